The fourth-order valence-electron chi connectivity index (χ4n) is 4.04. The van der Waals surface area contributed by atoms with Crippen molar-refractivity contribution in [3.8, 4) is 5.69 Å². The van der Waals surface area contributed by atoms with Gasteiger partial charge in [0.1, 0.15) is 0 Å². The molecule has 30 heavy (non-hydrogen) atoms. The van der Waals surface area contributed by atoms with E-state index in [1.807, 2.05) is 18.2 Å². The van der Waals surface area contributed by atoms with E-state index in [1.165, 1.54) is 10.7 Å². The van der Waals surface area contributed by atoms with Gasteiger partial charge in [0, 0.05) is 37.8 Å². The van der Waals surface area contributed by atoms with Gasteiger partial charge in [-0.05, 0) is 24.6 Å². The van der Waals surface area contributed by atoms with Crippen LogP contribution in [0.15, 0.2) is 62.9 Å². The summed E-state index contributed by atoms with van der Waals surface area (Å²) in [5, 5.41) is 4.06. The van der Waals surface area contributed by atoms with Gasteiger partial charge in [0.05, 0.1) is 39.8 Å². The van der Waals surface area contributed by atoms with Crippen molar-refractivity contribution >= 4 is 34.9 Å². The summed E-state index contributed by atoms with van der Waals surface area (Å²) in [7, 11) is 0. The van der Waals surface area contributed by atoms with E-state index in [2.05, 4.69) is 10.00 Å². The molecule has 4 aromatic rings. The topological polar surface area (TPSA) is 76.2 Å². The van der Waals surface area contributed by atoms with E-state index in [0.717, 1.165) is 24.2 Å². The first kappa shape index (κ1) is 20.5. The number of aromatic nitrogens is 3. The maximum Gasteiger partial charge on any atom is 0.280 e. The summed E-state index contributed by atoms with van der Waals surface area (Å²) >= 11 is 6.30. The number of aromatic amines is 1. The van der Waals surface area contributed by atoms with E-state index in [9.17, 15) is 9.59 Å². The van der Waals surface area contributed by atoms with Crippen molar-refractivity contribution in [1.82, 2.24) is 19.2 Å². The van der Waals surface area contributed by atoms with Crippen molar-refractivity contribution in [2.45, 2.75) is 26.1 Å². The van der Waals surface area contributed by atoms with Gasteiger partial charge in [0.15, 0.2) is 0 Å². The zero-order valence-electron chi connectivity index (χ0n) is 16.0. The Bertz CT molecular complexity index is 1300. The number of pyridine rings is 1. The molecule has 0 saturated heterocycles. The van der Waals surface area contributed by atoms with Crippen LogP contribution >= 0.6 is 24.0 Å². The molecule has 0 radical (unpaired) electrons. The van der Waals surface area contributed by atoms with Crippen molar-refractivity contribution in [2.24, 2.45) is 0 Å². The van der Waals surface area contributed by atoms with Gasteiger partial charge in [0.25, 0.3) is 11.1 Å². The fourth-order valence-corrected chi connectivity index (χ4v) is 4.26. The number of hydrogen-bond acceptors (Lipinski definition) is 4. The Hall–Kier alpha value is -2.74. The van der Waals surface area contributed by atoms with E-state index >= 15 is 0 Å². The molecule has 1 aromatic carbocycles. The highest BCUT2D eigenvalue weighted by atomic mass is 35.5. The molecule has 0 bridgehead atoms. The highest BCUT2D eigenvalue weighted by Crippen LogP contribution is 2.22. The number of fused-ring (bicyclic) bond motifs is 3. The summed E-state index contributed by atoms with van der Waals surface area (Å²) in [4.78, 5) is 28.3. The molecule has 5 rings (SSSR count). The first-order valence-electron chi connectivity index (χ1n) is 9.47. The summed E-state index contributed by atoms with van der Waals surface area (Å²) in [5.74, 6) is 0. The standard InChI is InChI=1S/C21H19ClN4O3.ClH/c22-15-4-1-2-5-17(15)26-21(28)20-16(23-26)10-19(27)25-8-3-7-24(12-18(20)25)11-14-6-9-29-13-14;/h1-2,4-6,9-10,13,23H,3,7-8,11-12H2;1H. The average Bonchev–Trinajstić information content (AvgIpc) is 3.25. The molecule has 3 aromatic heterocycles. The smallest absolute Gasteiger partial charge is 0.280 e. The number of rotatable bonds is 3. The fraction of sp³-hybridized carbons (Fsp3) is 0.238. The second-order valence-corrected chi connectivity index (χ2v) is 7.68. The van der Waals surface area contributed by atoms with Crippen LogP contribution < -0.4 is 11.1 Å². The van der Waals surface area contributed by atoms with Gasteiger partial charge < -0.3 is 8.98 Å². The van der Waals surface area contributed by atoms with Gasteiger partial charge in [-0.2, -0.15) is 0 Å². The lowest BCUT2D eigenvalue weighted by molar-refractivity contribution is 0.261. The normalized spacial score (nSPS) is 14.3. The zero-order chi connectivity index (χ0) is 20.0. The number of benzene rings is 1. The molecule has 0 spiro atoms. The molecule has 4 heterocycles. The van der Waals surface area contributed by atoms with Crippen LogP contribution in [0.3, 0.4) is 0 Å². The number of hydrogen-bond donors (Lipinski definition) is 1. The first-order chi connectivity index (χ1) is 14.1. The van der Waals surface area contributed by atoms with Gasteiger partial charge in [0.2, 0.25) is 0 Å². The maximum absolute atomic E-state index is 13.3. The summed E-state index contributed by atoms with van der Waals surface area (Å²) in [6.45, 7) is 2.62. The second-order valence-electron chi connectivity index (χ2n) is 7.27. The highest BCUT2D eigenvalue weighted by Gasteiger charge is 2.23. The zero-order valence-corrected chi connectivity index (χ0v) is 17.6. The summed E-state index contributed by atoms with van der Waals surface area (Å²) in [5.41, 5.74) is 2.57. The van der Waals surface area contributed by atoms with Crippen molar-refractivity contribution < 1.29 is 4.42 Å². The van der Waals surface area contributed by atoms with E-state index in [0.29, 0.717) is 41.2 Å². The Morgan fingerprint density at radius 2 is 1.97 bits per heavy atom. The lowest BCUT2D eigenvalue weighted by atomic mass is 10.2. The lowest BCUT2D eigenvalue weighted by Gasteiger charge is -2.19. The Balaban J connectivity index is 0.00000218. The van der Waals surface area contributed by atoms with Crippen LogP contribution in [0.1, 0.15) is 17.7 Å². The van der Waals surface area contributed by atoms with Gasteiger partial charge in [-0.1, -0.05) is 23.7 Å². The average molecular weight is 447 g/mol. The molecule has 7 nitrogen and oxygen atoms in total. The Morgan fingerprint density at radius 1 is 1.13 bits per heavy atom. The molecular formula is C21H20Cl2N4O3. The van der Waals surface area contributed by atoms with Crippen LogP contribution in [0.5, 0.6) is 0 Å². The predicted molar refractivity (Wildman–Crippen MR) is 118 cm³/mol. The molecule has 0 saturated carbocycles. The largest absolute Gasteiger partial charge is 0.472 e. The molecule has 0 atom stereocenters. The molecule has 9 heteroatoms. The third-order valence-electron chi connectivity index (χ3n) is 5.38. The highest BCUT2D eigenvalue weighted by molar-refractivity contribution is 6.32. The van der Waals surface area contributed by atoms with Gasteiger partial charge in [-0.3, -0.25) is 19.6 Å². The number of nitrogens with one attached hydrogen (secondary N) is 1. The predicted octanol–water partition coefficient (Wildman–Crippen LogP) is 3.55. The van der Waals surface area contributed by atoms with Crippen LogP contribution in [-0.4, -0.2) is 25.8 Å². The Kier molecular flexibility index (Phi) is 5.60. The van der Waals surface area contributed by atoms with Gasteiger partial charge in [-0.15, -0.1) is 12.4 Å². The minimum absolute atomic E-state index is 0. The molecule has 0 amide bonds. The minimum atomic E-state index is -0.206. The molecule has 1 aliphatic heterocycles. The Morgan fingerprint density at radius 3 is 2.73 bits per heavy atom. The third kappa shape index (κ3) is 3.49. The molecule has 1 N–H and O–H groups in total. The Labute approximate surface area is 182 Å². The molecule has 1 aliphatic rings. The first-order valence-corrected chi connectivity index (χ1v) is 9.85. The lowest BCUT2D eigenvalue weighted by Crippen LogP contribution is -2.27. The number of para-hydroxylation sites is 1. The van der Waals surface area contributed by atoms with Crippen LogP contribution in [-0.2, 0) is 19.6 Å². The van der Waals surface area contributed by atoms with Crippen LogP contribution in [0.4, 0.5) is 0 Å². The quantitative estimate of drug-likeness (QED) is 0.521. The van der Waals surface area contributed by atoms with E-state index in [-0.39, 0.29) is 23.5 Å². The van der Waals surface area contributed by atoms with Crippen LogP contribution in [0.25, 0.3) is 16.6 Å². The van der Waals surface area contributed by atoms with Crippen LogP contribution in [0.2, 0.25) is 5.02 Å². The van der Waals surface area contributed by atoms with Crippen molar-refractivity contribution in [3.05, 3.63) is 85.9 Å². The monoisotopic (exact) mass is 446 g/mol. The van der Waals surface area contributed by atoms with Crippen molar-refractivity contribution in [2.75, 3.05) is 6.54 Å². The summed E-state index contributed by atoms with van der Waals surface area (Å²) in [6.07, 6.45) is 4.21. The molecule has 0 unspecified atom stereocenters. The minimum Gasteiger partial charge on any atom is -0.472 e. The van der Waals surface area contributed by atoms with E-state index in [4.69, 9.17) is 16.0 Å². The SMILES string of the molecule is Cl.O=c1c2c3n(c(=O)cc2[nH]n1-c1ccccc1Cl)CCCN(Cc1ccoc1)C3. The molecule has 0 fully saturated rings. The van der Waals surface area contributed by atoms with Crippen molar-refractivity contribution in [1.29, 1.82) is 0 Å². The van der Waals surface area contributed by atoms with Gasteiger partial charge >= 0.3 is 0 Å². The number of H-pyrrole nitrogens is 1. The summed E-state index contributed by atoms with van der Waals surface area (Å²) < 4.78 is 8.32. The van der Waals surface area contributed by atoms with Crippen LogP contribution in [0, 0.1) is 0 Å². The maximum atomic E-state index is 13.3. The second kappa shape index (κ2) is 8.18. The third-order valence-corrected chi connectivity index (χ3v) is 5.70. The molecule has 0 aliphatic carbocycles. The van der Waals surface area contributed by atoms with Gasteiger partial charge in [-0.25, -0.2) is 4.68 Å². The van der Waals surface area contributed by atoms with E-state index < -0.39 is 0 Å². The molecular weight excluding hydrogens is 427 g/mol. The molecule has 156 valence electrons. The summed E-state index contributed by atoms with van der Waals surface area (Å²) in [6, 6.07) is 10.6. The van der Waals surface area contributed by atoms with E-state index in [1.54, 1.807) is 29.2 Å². The number of halogens is 2. The number of nitrogens with zero attached hydrogens (tertiary/aromatic N) is 3. The van der Waals surface area contributed by atoms with Crippen molar-refractivity contribution in [3.63, 3.8) is 0 Å². The number of furan rings is 1.